The molecule has 2 heteroatoms. The van der Waals surface area contributed by atoms with Gasteiger partial charge in [0, 0.05) is 18.7 Å². The summed E-state index contributed by atoms with van der Waals surface area (Å²) in [5.74, 6) is 0.541. The molecule has 0 atom stereocenters. The normalized spacial score (nSPS) is 10.6. The Morgan fingerprint density at radius 1 is 1.11 bits per heavy atom. The Hall–Kier alpha value is -2.01. The van der Waals surface area contributed by atoms with Gasteiger partial charge in [0.15, 0.2) is 0 Å². The van der Waals surface area contributed by atoms with Crippen LogP contribution in [0.4, 0.5) is 0 Å². The van der Waals surface area contributed by atoms with Crippen LogP contribution in [0.1, 0.15) is 30.8 Å². The third-order valence-corrected chi connectivity index (χ3v) is 2.96. The van der Waals surface area contributed by atoms with E-state index in [1.807, 2.05) is 12.1 Å². The average Bonchev–Trinajstić information content (AvgIpc) is 2.72. The van der Waals surface area contributed by atoms with Gasteiger partial charge in [-0.2, -0.15) is 5.26 Å². The Balaban J connectivity index is 2.28. The molecule has 18 heavy (non-hydrogen) atoms. The molecule has 0 spiro atoms. The van der Waals surface area contributed by atoms with Gasteiger partial charge in [0.1, 0.15) is 11.8 Å². The fourth-order valence-electron chi connectivity index (χ4n) is 2.15. The van der Waals surface area contributed by atoms with E-state index in [2.05, 4.69) is 54.8 Å². The summed E-state index contributed by atoms with van der Waals surface area (Å²) < 4.78 is 2.14. The van der Waals surface area contributed by atoms with Crippen molar-refractivity contribution in [2.24, 2.45) is 5.92 Å². The summed E-state index contributed by atoms with van der Waals surface area (Å²) in [6, 6.07) is 16.6. The van der Waals surface area contributed by atoms with Crippen LogP contribution in [0.25, 0.3) is 0 Å². The lowest BCUT2D eigenvalue weighted by atomic mass is 10.1. The lowest BCUT2D eigenvalue weighted by Crippen LogP contribution is -2.10. The van der Waals surface area contributed by atoms with Gasteiger partial charge < -0.3 is 4.57 Å². The van der Waals surface area contributed by atoms with Crippen LogP contribution in [0.2, 0.25) is 0 Å². The first-order chi connectivity index (χ1) is 8.70. The number of rotatable bonds is 4. The molecule has 0 N–H and O–H groups in total. The van der Waals surface area contributed by atoms with Gasteiger partial charge >= 0.3 is 0 Å². The zero-order valence-electron chi connectivity index (χ0n) is 10.9. The fraction of sp³-hybridized carbons (Fsp3) is 0.312. The van der Waals surface area contributed by atoms with E-state index in [4.69, 9.17) is 5.26 Å². The van der Waals surface area contributed by atoms with Crippen molar-refractivity contribution < 1.29 is 0 Å². The number of hydrogen-bond acceptors (Lipinski definition) is 1. The monoisotopic (exact) mass is 238 g/mol. The molecule has 0 saturated heterocycles. The predicted molar refractivity (Wildman–Crippen MR) is 73.2 cm³/mol. The molecule has 0 fully saturated rings. The van der Waals surface area contributed by atoms with Crippen molar-refractivity contribution in [2.45, 2.75) is 26.8 Å². The van der Waals surface area contributed by atoms with E-state index in [0.29, 0.717) is 5.92 Å². The highest BCUT2D eigenvalue weighted by Gasteiger charge is 2.09. The van der Waals surface area contributed by atoms with Crippen LogP contribution in [0.3, 0.4) is 0 Å². The fourth-order valence-corrected chi connectivity index (χ4v) is 2.15. The van der Waals surface area contributed by atoms with Crippen molar-refractivity contribution in [3.8, 4) is 6.07 Å². The standard InChI is InChI=1S/C16H18N2/c1-13(2)12-18-15(8-9-16(18)11-17)10-14-6-4-3-5-7-14/h3-9,13H,10,12H2,1-2H3. The van der Waals surface area contributed by atoms with Crippen molar-refractivity contribution in [1.29, 1.82) is 5.26 Å². The summed E-state index contributed by atoms with van der Waals surface area (Å²) >= 11 is 0. The van der Waals surface area contributed by atoms with Gasteiger partial charge in [-0.05, 0) is 23.6 Å². The Bertz CT molecular complexity index is 544. The molecule has 1 aromatic carbocycles. The van der Waals surface area contributed by atoms with Crippen LogP contribution in [0.5, 0.6) is 0 Å². The van der Waals surface area contributed by atoms with Crippen molar-refractivity contribution >= 4 is 0 Å². The molecule has 2 aromatic rings. The molecular weight excluding hydrogens is 220 g/mol. The largest absolute Gasteiger partial charge is 0.336 e. The number of benzene rings is 1. The molecule has 0 aliphatic rings. The van der Waals surface area contributed by atoms with E-state index in [0.717, 1.165) is 18.7 Å². The van der Waals surface area contributed by atoms with E-state index >= 15 is 0 Å². The van der Waals surface area contributed by atoms with Crippen molar-refractivity contribution in [3.63, 3.8) is 0 Å². The van der Waals surface area contributed by atoms with Gasteiger partial charge in [-0.1, -0.05) is 44.2 Å². The first-order valence-corrected chi connectivity index (χ1v) is 6.33. The quantitative estimate of drug-likeness (QED) is 0.800. The lowest BCUT2D eigenvalue weighted by Gasteiger charge is -2.13. The molecule has 0 aliphatic carbocycles. The van der Waals surface area contributed by atoms with Gasteiger partial charge in [0.25, 0.3) is 0 Å². The molecule has 92 valence electrons. The minimum absolute atomic E-state index is 0.541. The number of nitrogens with zero attached hydrogens (tertiary/aromatic N) is 2. The number of hydrogen-bond donors (Lipinski definition) is 0. The lowest BCUT2D eigenvalue weighted by molar-refractivity contribution is 0.510. The maximum atomic E-state index is 9.14. The van der Waals surface area contributed by atoms with E-state index in [1.54, 1.807) is 0 Å². The van der Waals surface area contributed by atoms with Crippen LogP contribution in [0, 0.1) is 17.2 Å². The molecular formula is C16H18N2. The SMILES string of the molecule is CC(C)Cn1c(C#N)ccc1Cc1ccccc1. The second-order valence-corrected chi connectivity index (χ2v) is 4.99. The number of aromatic nitrogens is 1. The van der Waals surface area contributed by atoms with Crippen LogP contribution >= 0.6 is 0 Å². The van der Waals surface area contributed by atoms with Crippen molar-refractivity contribution in [3.05, 3.63) is 59.4 Å². The molecule has 0 bridgehead atoms. The highest BCUT2D eigenvalue weighted by atomic mass is 15.0. The Kier molecular flexibility index (Phi) is 3.84. The first kappa shape index (κ1) is 12.4. The van der Waals surface area contributed by atoms with Gasteiger partial charge in [-0.15, -0.1) is 0 Å². The zero-order chi connectivity index (χ0) is 13.0. The summed E-state index contributed by atoms with van der Waals surface area (Å²) in [7, 11) is 0. The molecule has 0 amide bonds. The van der Waals surface area contributed by atoms with Crippen LogP contribution in [-0.2, 0) is 13.0 Å². The maximum absolute atomic E-state index is 9.14. The highest BCUT2D eigenvalue weighted by Crippen LogP contribution is 2.15. The van der Waals surface area contributed by atoms with Gasteiger partial charge in [0.2, 0.25) is 0 Å². The first-order valence-electron chi connectivity index (χ1n) is 6.33. The second-order valence-electron chi connectivity index (χ2n) is 4.99. The molecule has 2 rings (SSSR count). The maximum Gasteiger partial charge on any atom is 0.120 e. The van der Waals surface area contributed by atoms with Crippen LogP contribution in [-0.4, -0.2) is 4.57 Å². The third-order valence-electron chi connectivity index (χ3n) is 2.96. The Morgan fingerprint density at radius 2 is 1.83 bits per heavy atom. The number of nitriles is 1. The van der Waals surface area contributed by atoms with Crippen LogP contribution in [0.15, 0.2) is 42.5 Å². The van der Waals surface area contributed by atoms with E-state index in [-0.39, 0.29) is 0 Å². The minimum Gasteiger partial charge on any atom is -0.336 e. The van der Waals surface area contributed by atoms with E-state index < -0.39 is 0 Å². The van der Waals surface area contributed by atoms with Gasteiger partial charge in [-0.25, -0.2) is 0 Å². The summed E-state index contributed by atoms with van der Waals surface area (Å²) in [6.45, 7) is 5.25. The molecule has 0 saturated carbocycles. The summed E-state index contributed by atoms with van der Waals surface area (Å²) in [6.07, 6.45) is 0.884. The van der Waals surface area contributed by atoms with E-state index in [9.17, 15) is 0 Å². The van der Waals surface area contributed by atoms with Crippen molar-refractivity contribution in [1.82, 2.24) is 4.57 Å². The molecule has 0 aliphatic heterocycles. The molecule has 2 nitrogen and oxygen atoms in total. The molecule has 0 radical (unpaired) electrons. The summed E-state index contributed by atoms with van der Waals surface area (Å²) in [5.41, 5.74) is 3.26. The average molecular weight is 238 g/mol. The topological polar surface area (TPSA) is 28.7 Å². The zero-order valence-corrected chi connectivity index (χ0v) is 10.9. The second kappa shape index (κ2) is 5.55. The Labute approximate surface area is 108 Å². The van der Waals surface area contributed by atoms with Gasteiger partial charge in [-0.3, -0.25) is 0 Å². The molecule has 1 heterocycles. The van der Waals surface area contributed by atoms with Gasteiger partial charge in [0.05, 0.1) is 0 Å². The summed E-state index contributed by atoms with van der Waals surface area (Å²) in [5, 5.41) is 9.14. The predicted octanol–water partition coefficient (Wildman–Crippen LogP) is 3.61. The third kappa shape index (κ3) is 2.81. The van der Waals surface area contributed by atoms with E-state index in [1.165, 1.54) is 11.3 Å². The molecule has 0 unspecified atom stereocenters. The smallest absolute Gasteiger partial charge is 0.120 e. The molecule has 1 aromatic heterocycles. The van der Waals surface area contributed by atoms with Crippen molar-refractivity contribution in [2.75, 3.05) is 0 Å². The Morgan fingerprint density at radius 3 is 2.44 bits per heavy atom. The minimum atomic E-state index is 0.541. The summed E-state index contributed by atoms with van der Waals surface area (Å²) in [4.78, 5) is 0. The van der Waals surface area contributed by atoms with Crippen LogP contribution < -0.4 is 0 Å². The highest BCUT2D eigenvalue weighted by molar-refractivity contribution is 5.30.